The molecule has 0 bridgehead atoms. The third-order valence-electron chi connectivity index (χ3n) is 8.16. The van der Waals surface area contributed by atoms with Crippen LogP contribution >= 0.6 is 0 Å². The second-order valence-corrected chi connectivity index (χ2v) is 12.5. The van der Waals surface area contributed by atoms with Crippen molar-refractivity contribution in [2.75, 3.05) is 59.9 Å². The van der Waals surface area contributed by atoms with Crippen LogP contribution in [-0.4, -0.2) is 72.1 Å². The Bertz CT molecular complexity index is 550. The van der Waals surface area contributed by atoms with Crippen LogP contribution in [0.1, 0.15) is 168 Å². The maximum Gasteiger partial charge on any atom is 0.407 e. The topological polar surface area (TPSA) is 75.3 Å². The number of alkyl carbamates (subject to hydrolysis) is 1. The molecule has 1 atom stereocenters. The molecule has 0 aromatic rings. The zero-order valence-electron chi connectivity index (χ0n) is 29.7. The van der Waals surface area contributed by atoms with Crippen LogP contribution in [0.5, 0.6) is 0 Å². The summed E-state index contributed by atoms with van der Waals surface area (Å²) in [7, 11) is 1.63. The van der Waals surface area contributed by atoms with Gasteiger partial charge in [-0.05, 0) is 12.8 Å². The predicted molar refractivity (Wildman–Crippen MR) is 185 cm³/mol. The highest BCUT2D eigenvalue weighted by Gasteiger charge is 2.12. The van der Waals surface area contributed by atoms with E-state index in [1.165, 1.54) is 141 Å². The van der Waals surface area contributed by atoms with Crippen LogP contribution in [0.25, 0.3) is 0 Å². The molecule has 0 aromatic heterocycles. The van der Waals surface area contributed by atoms with Crippen molar-refractivity contribution in [3.05, 3.63) is 0 Å². The van der Waals surface area contributed by atoms with E-state index in [2.05, 4.69) is 19.2 Å². The monoisotopic (exact) mass is 630 g/mol. The van der Waals surface area contributed by atoms with Crippen LogP contribution in [-0.2, 0) is 23.7 Å². The third kappa shape index (κ3) is 35.6. The van der Waals surface area contributed by atoms with Gasteiger partial charge in [-0.15, -0.1) is 0 Å². The first-order valence-electron chi connectivity index (χ1n) is 18.9. The molecule has 0 radical (unpaired) electrons. The van der Waals surface area contributed by atoms with E-state index in [1.54, 1.807) is 7.11 Å². The second kappa shape index (κ2) is 38.3. The highest BCUT2D eigenvalue weighted by atomic mass is 16.6. The van der Waals surface area contributed by atoms with Gasteiger partial charge in [0.05, 0.1) is 32.5 Å². The van der Waals surface area contributed by atoms with E-state index in [0.717, 1.165) is 19.4 Å². The molecule has 0 aliphatic rings. The molecule has 7 heteroatoms. The fourth-order valence-corrected chi connectivity index (χ4v) is 5.30. The lowest BCUT2D eigenvalue weighted by atomic mass is 10.1. The van der Waals surface area contributed by atoms with E-state index in [-0.39, 0.29) is 12.7 Å². The molecule has 0 spiro atoms. The zero-order chi connectivity index (χ0) is 32.0. The summed E-state index contributed by atoms with van der Waals surface area (Å²) < 4.78 is 27.6. The summed E-state index contributed by atoms with van der Waals surface area (Å²) in [6.07, 6.45) is 31.3. The summed E-state index contributed by atoms with van der Waals surface area (Å²) in [5.74, 6) is 0. The lowest BCUT2D eigenvalue weighted by Crippen LogP contribution is -2.37. The second-order valence-electron chi connectivity index (χ2n) is 12.5. The minimum absolute atomic E-state index is 0.162. The molecule has 0 heterocycles. The molecule has 0 aliphatic carbocycles. The molecule has 1 unspecified atom stereocenters. The molecule has 0 aliphatic heterocycles. The van der Waals surface area contributed by atoms with Crippen LogP contribution < -0.4 is 5.32 Å². The van der Waals surface area contributed by atoms with E-state index < -0.39 is 6.09 Å². The Morgan fingerprint density at radius 1 is 0.500 bits per heavy atom. The fraction of sp³-hybridized carbons (Fsp3) is 0.973. The summed E-state index contributed by atoms with van der Waals surface area (Å²) in [6, 6.07) is 0. The average Bonchev–Trinajstić information content (AvgIpc) is 3.03. The first-order valence-corrected chi connectivity index (χ1v) is 18.9. The van der Waals surface area contributed by atoms with Crippen molar-refractivity contribution >= 4 is 6.09 Å². The number of rotatable bonds is 37. The van der Waals surface area contributed by atoms with Crippen LogP contribution in [0.2, 0.25) is 0 Å². The van der Waals surface area contributed by atoms with Gasteiger partial charge in [0, 0.05) is 26.9 Å². The maximum absolute atomic E-state index is 12.1. The zero-order valence-corrected chi connectivity index (χ0v) is 29.7. The molecule has 264 valence electrons. The Balaban J connectivity index is 3.99. The van der Waals surface area contributed by atoms with Crippen molar-refractivity contribution < 1.29 is 28.5 Å². The number of hydrogen-bond donors (Lipinski definition) is 1. The number of methoxy groups -OCH3 is 1. The molecule has 0 saturated carbocycles. The van der Waals surface area contributed by atoms with E-state index in [4.69, 9.17) is 23.7 Å². The van der Waals surface area contributed by atoms with Crippen molar-refractivity contribution in [2.24, 2.45) is 0 Å². The van der Waals surface area contributed by atoms with Gasteiger partial charge in [0.15, 0.2) is 0 Å². The third-order valence-corrected chi connectivity index (χ3v) is 8.16. The minimum Gasteiger partial charge on any atom is -0.447 e. The highest BCUT2D eigenvalue weighted by Crippen LogP contribution is 2.13. The van der Waals surface area contributed by atoms with Gasteiger partial charge in [0.25, 0.3) is 0 Å². The highest BCUT2D eigenvalue weighted by molar-refractivity contribution is 5.67. The first-order chi connectivity index (χ1) is 21.7. The molecule has 0 saturated heterocycles. The van der Waals surface area contributed by atoms with Gasteiger partial charge in [-0.2, -0.15) is 0 Å². The largest absolute Gasteiger partial charge is 0.447 e. The van der Waals surface area contributed by atoms with Crippen LogP contribution in [0.3, 0.4) is 0 Å². The average molecular weight is 630 g/mol. The Kier molecular flexibility index (Phi) is 37.5. The van der Waals surface area contributed by atoms with Crippen molar-refractivity contribution in [3.63, 3.8) is 0 Å². The molecule has 1 N–H and O–H groups in total. The van der Waals surface area contributed by atoms with E-state index in [1.807, 2.05) is 0 Å². The first kappa shape index (κ1) is 43.1. The number of carbonyl (C=O) groups excluding carboxylic acids is 1. The number of nitrogens with one attached hydrogen (secondary N) is 1. The molecule has 0 rings (SSSR count). The maximum atomic E-state index is 12.1. The van der Waals surface area contributed by atoms with Gasteiger partial charge in [-0.1, -0.05) is 155 Å². The summed E-state index contributed by atoms with van der Waals surface area (Å²) in [6.45, 7) is 8.49. The molecule has 7 nitrogen and oxygen atoms in total. The van der Waals surface area contributed by atoms with Gasteiger partial charge < -0.3 is 29.0 Å². The van der Waals surface area contributed by atoms with Crippen molar-refractivity contribution in [1.82, 2.24) is 5.32 Å². The van der Waals surface area contributed by atoms with Crippen LogP contribution in [0.15, 0.2) is 0 Å². The summed E-state index contributed by atoms with van der Waals surface area (Å²) >= 11 is 0. The number of ether oxygens (including phenoxy) is 5. The van der Waals surface area contributed by atoms with Crippen molar-refractivity contribution in [1.29, 1.82) is 0 Å². The summed E-state index contributed by atoms with van der Waals surface area (Å²) in [5, 5.41) is 2.83. The van der Waals surface area contributed by atoms with Gasteiger partial charge >= 0.3 is 6.09 Å². The van der Waals surface area contributed by atoms with Gasteiger partial charge in [0.2, 0.25) is 0 Å². The van der Waals surface area contributed by atoms with Gasteiger partial charge in [-0.25, -0.2) is 4.79 Å². The smallest absolute Gasteiger partial charge is 0.407 e. The minimum atomic E-state index is -0.444. The number of carbonyl (C=O) groups is 1. The molecule has 44 heavy (non-hydrogen) atoms. The van der Waals surface area contributed by atoms with E-state index in [9.17, 15) is 4.79 Å². The standard InChI is InChI=1S/C37H75NO6/c1-4-6-8-10-12-14-16-18-20-22-24-26-28-42-35-36(34-38-37(39)44-33-32-41-31-30-40-3)43-29-27-25-23-21-19-17-15-13-11-9-7-5-2/h36H,4-35H2,1-3H3,(H,38,39). The molecule has 0 aromatic carbocycles. The Morgan fingerprint density at radius 2 is 0.932 bits per heavy atom. The molecular weight excluding hydrogens is 554 g/mol. The van der Waals surface area contributed by atoms with E-state index >= 15 is 0 Å². The molecule has 1 amide bonds. The normalized spacial score (nSPS) is 12.1. The van der Waals surface area contributed by atoms with Gasteiger partial charge in [-0.3, -0.25) is 0 Å². The molecular formula is C37H75NO6. The lowest BCUT2D eigenvalue weighted by molar-refractivity contribution is -0.0180. The summed E-state index contributed by atoms with van der Waals surface area (Å²) in [4.78, 5) is 12.1. The Morgan fingerprint density at radius 3 is 1.41 bits per heavy atom. The Hall–Kier alpha value is -0.890. The van der Waals surface area contributed by atoms with Crippen molar-refractivity contribution in [2.45, 2.75) is 174 Å². The molecule has 0 fully saturated rings. The van der Waals surface area contributed by atoms with Gasteiger partial charge in [0.1, 0.15) is 6.61 Å². The van der Waals surface area contributed by atoms with Crippen LogP contribution in [0, 0.1) is 0 Å². The number of unbranched alkanes of at least 4 members (excludes halogenated alkanes) is 22. The number of amides is 1. The van der Waals surface area contributed by atoms with E-state index in [0.29, 0.717) is 39.6 Å². The summed E-state index contributed by atoms with van der Waals surface area (Å²) in [5.41, 5.74) is 0. The Labute approximate surface area is 273 Å². The SMILES string of the molecule is CCCCCCCCCCCCCCOCC(CNC(=O)OCCOCCOC)OCCCCCCCCCCCCCC. The predicted octanol–water partition coefficient (Wildman–Crippen LogP) is 10.2. The van der Waals surface area contributed by atoms with Crippen LogP contribution in [0.4, 0.5) is 4.79 Å². The quantitative estimate of drug-likeness (QED) is 0.0689. The number of hydrogen-bond acceptors (Lipinski definition) is 6. The fourth-order valence-electron chi connectivity index (χ4n) is 5.30. The lowest BCUT2D eigenvalue weighted by Gasteiger charge is -2.19. The van der Waals surface area contributed by atoms with Crippen molar-refractivity contribution in [3.8, 4) is 0 Å².